The molecule has 0 bridgehead atoms. The van der Waals surface area contributed by atoms with Gasteiger partial charge in [-0.3, -0.25) is 4.79 Å². The molecule has 0 aliphatic heterocycles. The van der Waals surface area contributed by atoms with Crippen LogP contribution < -0.4 is 10.9 Å². The lowest BCUT2D eigenvalue weighted by Crippen LogP contribution is -2.25. The molecule has 14 heavy (non-hydrogen) atoms. The summed E-state index contributed by atoms with van der Waals surface area (Å²) in [5.41, 5.74) is -0.960. The standard InChI is InChI=1S/C8H12FN3O2/c1-4(2)10-3-5-11-7(13)6(9)8(14)12-5/h4,10H,3H2,1-2H3,(H2,11,12,13,14). The molecule has 1 aromatic heterocycles. The van der Waals surface area contributed by atoms with Gasteiger partial charge in [0, 0.05) is 6.04 Å². The molecule has 5 nitrogen and oxygen atoms in total. The Labute approximate surface area is 80.0 Å². The molecular weight excluding hydrogens is 189 g/mol. The van der Waals surface area contributed by atoms with Crippen molar-refractivity contribution >= 4 is 0 Å². The molecule has 0 saturated carbocycles. The topological polar surface area (TPSA) is 78.0 Å². The van der Waals surface area contributed by atoms with Gasteiger partial charge in [-0.1, -0.05) is 13.8 Å². The molecule has 0 spiro atoms. The van der Waals surface area contributed by atoms with E-state index < -0.39 is 17.3 Å². The Kier molecular flexibility index (Phi) is 3.19. The van der Waals surface area contributed by atoms with Crippen molar-refractivity contribution in [1.82, 2.24) is 15.3 Å². The number of H-pyrrole nitrogens is 1. The Hall–Kier alpha value is -1.43. The van der Waals surface area contributed by atoms with Crippen molar-refractivity contribution in [3.05, 3.63) is 22.0 Å². The van der Waals surface area contributed by atoms with Gasteiger partial charge in [-0.25, -0.2) is 0 Å². The minimum Gasteiger partial charge on any atom is -0.491 e. The van der Waals surface area contributed by atoms with Crippen LogP contribution in [0.1, 0.15) is 19.7 Å². The van der Waals surface area contributed by atoms with E-state index in [9.17, 15) is 9.18 Å². The Bertz CT molecular complexity index is 375. The van der Waals surface area contributed by atoms with Gasteiger partial charge in [-0.15, -0.1) is 0 Å². The number of aromatic nitrogens is 2. The zero-order valence-electron chi connectivity index (χ0n) is 7.97. The summed E-state index contributed by atoms with van der Waals surface area (Å²) in [7, 11) is 0. The molecule has 0 fully saturated rings. The third-order valence-electron chi connectivity index (χ3n) is 1.57. The molecule has 0 amide bonds. The average Bonchev–Trinajstić information content (AvgIpc) is 2.10. The smallest absolute Gasteiger partial charge is 0.291 e. The highest BCUT2D eigenvalue weighted by Gasteiger charge is 2.09. The molecule has 1 heterocycles. The predicted molar refractivity (Wildman–Crippen MR) is 48.5 cm³/mol. The minimum absolute atomic E-state index is 0.211. The van der Waals surface area contributed by atoms with Crippen molar-refractivity contribution in [2.45, 2.75) is 26.4 Å². The first-order chi connectivity index (χ1) is 6.50. The minimum atomic E-state index is -1.25. The fourth-order valence-electron chi connectivity index (χ4n) is 0.877. The van der Waals surface area contributed by atoms with Gasteiger partial charge in [-0.05, 0) is 0 Å². The highest BCUT2D eigenvalue weighted by molar-refractivity contribution is 5.09. The summed E-state index contributed by atoms with van der Waals surface area (Å²) in [5.74, 6) is -1.91. The maximum absolute atomic E-state index is 12.6. The molecule has 78 valence electrons. The first-order valence-electron chi connectivity index (χ1n) is 4.21. The van der Waals surface area contributed by atoms with Gasteiger partial charge in [0.15, 0.2) is 0 Å². The van der Waals surface area contributed by atoms with Gasteiger partial charge in [-0.2, -0.15) is 9.37 Å². The molecular formula is C8H12FN3O2. The van der Waals surface area contributed by atoms with Crippen molar-refractivity contribution in [2.24, 2.45) is 0 Å². The second-order valence-corrected chi connectivity index (χ2v) is 3.19. The maximum atomic E-state index is 12.6. The largest absolute Gasteiger partial charge is 0.491 e. The van der Waals surface area contributed by atoms with Crippen LogP contribution in [0.4, 0.5) is 4.39 Å². The summed E-state index contributed by atoms with van der Waals surface area (Å²) < 4.78 is 12.6. The number of nitrogens with zero attached hydrogens (tertiary/aromatic N) is 1. The van der Waals surface area contributed by atoms with E-state index in [2.05, 4.69) is 15.3 Å². The summed E-state index contributed by atoms with van der Waals surface area (Å²) in [6, 6.07) is 0.215. The molecule has 0 radical (unpaired) electrons. The Morgan fingerprint density at radius 1 is 1.64 bits per heavy atom. The molecule has 1 rings (SSSR count). The fraction of sp³-hybridized carbons (Fsp3) is 0.500. The van der Waals surface area contributed by atoms with Crippen LogP contribution in [-0.4, -0.2) is 21.1 Å². The average molecular weight is 201 g/mol. The molecule has 0 aliphatic carbocycles. The number of rotatable bonds is 3. The number of hydrogen-bond donors (Lipinski definition) is 3. The first-order valence-corrected chi connectivity index (χ1v) is 4.21. The van der Waals surface area contributed by atoms with Gasteiger partial charge >= 0.3 is 0 Å². The number of aromatic amines is 1. The number of hydrogen-bond acceptors (Lipinski definition) is 4. The van der Waals surface area contributed by atoms with Gasteiger partial charge in [0.25, 0.3) is 11.4 Å². The lowest BCUT2D eigenvalue weighted by Gasteiger charge is -2.06. The summed E-state index contributed by atoms with van der Waals surface area (Å²) >= 11 is 0. The van der Waals surface area contributed by atoms with Gasteiger partial charge in [0.1, 0.15) is 5.82 Å². The van der Waals surface area contributed by atoms with Crippen molar-refractivity contribution in [3.8, 4) is 5.88 Å². The van der Waals surface area contributed by atoms with Crippen LogP contribution in [0, 0.1) is 5.82 Å². The van der Waals surface area contributed by atoms with Gasteiger partial charge < -0.3 is 15.4 Å². The van der Waals surface area contributed by atoms with E-state index in [1.165, 1.54) is 0 Å². The van der Waals surface area contributed by atoms with Gasteiger partial charge in [0.2, 0.25) is 5.82 Å². The molecule has 0 unspecified atom stereocenters. The molecule has 0 saturated heterocycles. The van der Waals surface area contributed by atoms with E-state index in [1.807, 2.05) is 13.8 Å². The predicted octanol–water partition coefficient (Wildman–Crippen LogP) is 0.113. The van der Waals surface area contributed by atoms with E-state index in [0.29, 0.717) is 0 Å². The zero-order chi connectivity index (χ0) is 10.7. The number of aromatic hydroxyl groups is 1. The number of nitrogens with one attached hydrogen (secondary N) is 2. The molecule has 0 aromatic carbocycles. The Morgan fingerprint density at radius 2 is 2.29 bits per heavy atom. The van der Waals surface area contributed by atoms with E-state index in [4.69, 9.17) is 5.11 Å². The summed E-state index contributed by atoms with van der Waals surface area (Å²) in [6.07, 6.45) is 0. The summed E-state index contributed by atoms with van der Waals surface area (Å²) in [5, 5.41) is 11.9. The maximum Gasteiger partial charge on any atom is 0.291 e. The van der Waals surface area contributed by atoms with Crippen LogP contribution in [0.5, 0.6) is 5.88 Å². The van der Waals surface area contributed by atoms with E-state index in [1.54, 1.807) is 0 Å². The first kappa shape index (κ1) is 10.6. The SMILES string of the molecule is CC(C)NCc1nc(O)c(F)c(=O)[nH]1. The van der Waals surface area contributed by atoms with Crippen molar-refractivity contribution in [2.75, 3.05) is 0 Å². The van der Waals surface area contributed by atoms with Crippen LogP contribution in [-0.2, 0) is 6.54 Å². The van der Waals surface area contributed by atoms with Crippen molar-refractivity contribution in [1.29, 1.82) is 0 Å². The van der Waals surface area contributed by atoms with Crippen LogP contribution in [0.15, 0.2) is 4.79 Å². The van der Waals surface area contributed by atoms with Crippen LogP contribution in [0.25, 0.3) is 0 Å². The highest BCUT2D eigenvalue weighted by Crippen LogP contribution is 2.04. The molecule has 0 atom stereocenters. The number of halogens is 1. The Morgan fingerprint density at radius 3 is 2.79 bits per heavy atom. The van der Waals surface area contributed by atoms with Crippen LogP contribution >= 0.6 is 0 Å². The van der Waals surface area contributed by atoms with Crippen LogP contribution in [0.3, 0.4) is 0 Å². The summed E-state index contributed by atoms with van der Waals surface area (Å²) in [6.45, 7) is 4.11. The second-order valence-electron chi connectivity index (χ2n) is 3.19. The quantitative estimate of drug-likeness (QED) is 0.648. The summed E-state index contributed by atoms with van der Waals surface area (Å²) in [4.78, 5) is 16.5. The molecule has 3 N–H and O–H groups in total. The fourth-order valence-corrected chi connectivity index (χ4v) is 0.877. The third-order valence-corrected chi connectivity index (χ3v) is 1.57. The van der Waals surface area contributed by atoms with Crippen molar-refractivity contribution in [3.63, 3.8) is 0 Å². The second kappa shape index (κ2) is 4.19. The zero-order valence-corrected chi connectivity index (χ0v) is 7.97. The molecule has 6 heteroatoms. The third kappa shape index (κ3) is 2.53. The van der Waals surface area contributed by atoms with Crippen molar-refractivity contribution < 1.29 is 9.50 Å². The Balaban J connectivity index is 2.85. The monoisotopic (exact) mass is 201 g/mol. The lowest BCUT2D eigenvalue weighted by molar-refractivity contribution is 0.398. The lowest BCUT2D eigenvalue weighted by atomic mass is 10.4. The van der Waals surface area contributed by atoms with E-state index >= 15 is 0 Å². The van der Waals surface area contributed by atoms with E-state index in [0.717, 1.165) is 0 Å². The van der Waals surface area contributed by atoms with E-state index in [-0.39, 0.29) is 18.4 Å². The molecule has 1 aromatic rings. The van der Waals surface area contributed by atoms with Gasteiger partial charge in [0.05, 0.1) is 6.54 Å². The molecule has 0 aliphatic rings. The van der Waals surface area contributed by atoms with Crippen LogP contribution in [0.2, 0.25) is 0 Å². The normalized spacial score (nSPS) is 10.9. The highest BCUT2D eigenvalue weighted by atomic mass is 19.1.